The van der Waals surface area contributed by atoms with Crippen molar-refractivity contribution >= 4 is 36.1 Å². The molecule has 1 aromatic rings. The topological polar surface area (TPSA) is 112 Å². The van der Waals surface area contributed by atoms with Gasteiger partial charge in [-0.25, -0.2) is 14.4 Å². The van der Waals surface area contributed by atoms with Gasteiger partial charge in [-0.05, 0) is 53.1 Å². The molecular weight excluding hydrogens is 276 g/mol. The van der Waals surface area contributed by atoms with Gasteiger partial charge >= 0.3 is 17.9 Å². The summed E-state index contributed by atoms with van der Waals surface area (Å²) in [7, 11) is 0. The van der Waals surface area contributed by atoms with Crippen LogP contribution in [0, 0.1) is 0 Å². The van der Waals surface area contributed by atoms with Crippen LogP contribution in [0.2, 0.25) is 0 Å². The van der Waals surface area contributed by atoms with Gasteiger partial charge in [-0.1, -0.05) is 0 Å². The summed E-state index contributed by atoms with van der Waals surface area (Å²) in [5.41, 5.74) is 1.53. The summed E-state index contributed by atoms with van der Waals surface area (Å²) in [6.07, 6.45) is 6.80. The van der Waals surface area contributed by atoms with Crippen LogP contribution in [0.3, 0.4) is 0 Å². The zero-order valence-electron chi connectivity index (χ0n) is 10.8. The molecule has 0 aromatic heterocycles. The number of carbonyl (C=O) groups is 3. The lowest BCUT2D eigenvalue weighted by Gasteiger charge is -2.01. The third-order valence-electron chi connectivity index (χ3n) is 2.26. The average Bonchev–Trinajstić information content (AvgIpc) is 2.40. The lowest BCUT2D eigenvalue weighted by Crippen LogP contribution is -1.89. The Labute approximate surface area is 120 Å². The van der Waals surface area contributed by atoms with Crippen LogP contribution < -0.4 is 0 Å². The zero-order chi connectivity index (χ0) is 15.8. The molecular formula is C15H12O6. The minimum absolute atomic E-state index is 0.509. The Morgan fingerprint density at radius 3 is 1.05 bits per heavy atom. The summed E-state index contributed by atoms with van der Waals surface area (Å²) in [5.74, 6) is -3.36. The SMILES string of the molecule is O=C(O)C=Cc1cc(C=CC(=O)O)cc(C=CC(=O)O)c1. The molecule has 0 amide bonds. The van der Waals surface area contributed by atoms with Gasteiger partial charge in [0.05, 0.1) is 0 Å². The highest BCUT2D eigenvalue weighted by Gasteiger charge is 1.98. The van der Waals surface area contributed by atoms with Crippen molar-refractivity contribution in [1.82, 2.24) is 0 Å². The lowest BCUT2D eigenvalue weighted by molar-refractivity contribution is -0.132. The molecule has 0 saturated carbocycles. The van der Waals surface area contributed by atoms with E-state index in [-0.39, 0.29) is 0 Å². The Morgan fingerprint density at radius 1 is 0.619 bits per heavy atom. The molecule has 0 aliphatic carbocycles. The van der Waals surface area contributed by atoms with E-state index < -0.39 is 17.9 Å². The van der Waals surface area contributed by atoms with E-state index in [9.17, 15) is 14.4 Å². The molecule has 0 atom stereocenters. The van der Waals surface area contributed by atoms with Crippen LogP contribution in [-0.2, 0) is 14.4 Å². The van der Waals surface area contributed by atoms with Crippen LogP contribution in [0.15, 0.2) is 36.4 Å². The molecule has 0 fully saturated rings. The van der Waals surface area contributed by atoms with E-state index in [4.69, 9.17) is 15.3 Å². The van der Waals surface area contributed by atoms with Crippen molar-refractivity contribution < 1.29 is 29.7 Å². The van der Waals surface area contributed by atoms with E-state index in [1.807, 2.05) is 0 Å². The highest BCUT2D eigenvalue weighted by Crippen LogP contribution is 2.15. The maximum atomic E-state index is 10.5. The zero-order valence-corrected chi connectivity index (χ0v) is 10.8. The molecule has 108 valence electrons. The van der Waals surface area contributed by atoms with Gasteiger partial charge in [0.1, 0.15) is 0 Å². The quantitative estimate of drug-likeness (QED) is 0.690. The second kappa shape index (κ2) is 7.44. The third kappa shape index (κ3) is 6.53. The van der Waals surface area contributed by atoms with E-state index in [0.717, 1.165) is 18.2 Å². The maximum Gasteiger partial charge on any atom is 0.328 e. The van der Waals surface area contributed by atoms with E-state index in [1.54, 1.807) is 18.2 Å². The fourth-order valence-electron chi connectivity index (χ4n) is 1.49. The maximum absolute atomic E-state index is 10.5. The van der Waals surface area contributed by atoms with Crippen molar-refractivity contribution in [2.24, 2.45) is 0 Å². The lowest BCUT2D eigenvalue weighted by atomic mass is 10.0. The molecule has 1 aromatic carbocycles. The van der Waals surface area contributed by atoms with E-state index in [1.165, 1.54) is 18.2 Å². The second-order valence-corrected chi connectivity index (χ2v) is 3.95. The second-order valence-electron chi connectivity index (χ2n) is 3.95. The minimum Gasteiger partial charge on any atom is -0.478 e. The molecule has 0 heterocycles. The predicted molar refractivity (Wildman–Crippen MR) is 76.5 cm³/mol. The highest BCUT2D eigenvalue weighted by molar-refractivity contribution is 5.88. The molecule has 6 heteroatoms. The van der Waals surface area contributed by atoms with Gasteiger partial charge in [0.15, 0.2) is 0 Å². The van der Waals surface area contributed by atoms with Crippen molar-refractivity contribution in [1.29, 1.82) is 0 Å². The van der Waals surface area contributed by atoms with Crippen LogP contribution >= 0.6 is 0 Å². The van der Waals surface area contributed by atoms with Crippen LogP contribution in [0.5, 0.6) is 0 Å². The summed E-state index contributed by atoms with van der Waals surface area (Å²) < 4.78 is 0. The van der Waals surface area contributed by atoms with Crippen molar-refractivity contribution in [2.45, 2.75) is 0 Å². The molecule has 0 saturated heterocycles. The van der Waals surface area contributed by atoms with Crippen molar-refractivity contribution in [3.63, 3.8) is 0 Å². The Morgan fingerprint density at radius 2 is 0.857 bits per heavy atom. The van der Waals surface area contributed by atoms with Gasteiger partial charge < -0.3 is 15.3 Å². The van der Waals surface area contributed by atoms with Crippen LogP contribution in [0.4, 0.5) is 0 Å². The first-order chi connectivity index (χ1) is 9.86. The first kappa shape index (κ1) is 15.9. The molecule has 0 aliphatic heterocycles. The van der Waals surface area contributed by atoms with Crippen LogP contribution in [0.25, 0.3) is 18.2 Å². The van der Waals surface area contributed by atoms with Gasteiger partial charge in [0.2, 0.25) is 0 Å². The van der Waals surface area contributed by atoms with Crippen molar-refractivity contribution in [2.75, 3.05) is 0 Å². The average molecular weight is 288 g/mol. The summed E-state index contributed by atoms with van der Waals surface area (Å²) in [6, 6.07) is 4.74. The number of hydrogen-bond acceptors (Lipinski definition) is 3. The third-order valence-corrected chi connectivity index (χ3v) is 2.26. The summed E-state index contributed by atoms with van der Waals surface area (Å²) in [5, 5.41) is 25.8. The molecule has 0 spiro atoms. The number of rotatable bonds is 6. The molecule has 0 aliphatic rings. The number of carboxylic acid groups (broad SMARTS) is 3. The molecule has 1 rings (SSSR count). The number of benzene rings is 1. The van der Waals surface area contributed by atoms with Crippen molar-refractivity contribution in [3.8, 4) is 0 Å². The fraction of sp³-hybridized carbons (Fsp3) is 0. The van der Waals surface area contributed by atoms with Gasteiger partial charge in [0.25, 0.3) is 0 Å². The summed E-state index contributed by atoms with van der Waals surface area (Å²) in [6.45, 7) is 0. The smallest absolute Gasteiger partial charge is 0.328 e. The van der Waals surface area contributed by atoms with E-state index in [2.05, 4.69) is 0 Å². The summed E-state index contributed by atoms with van der Waals surface area (Å²) in [4.78, 5) is 31.5. The molecule has 0 unspecified atom stereocenters. The van der Waals surface area contributed by atoms with Gasteiger partial charge in [-0.3, -0.25) is 0 Å². The Bertz CT molecular complexity index is 549. The standard InChI is InChI=1S/C15H12O6/c16-13(17)4-1-10-7-11(2-5-14(18)19)9-12(8-10)3-6-15(20)21/h1-9H,(H,16,17)(H,18,19)(H,20,21). The number of aliphatic carboxylic acids is 3. The van der Waals surface area contributed by atoms with Gasteiger partial charge in [0, 0.05) is 18.2 Å². The monoisotopic (exact) mass is 288 g/mol. The molecule has 0 bridgehead atoms. The number of hydrogen-bond donors (Lipinski definition) is 3. The van der Waals surface area contributed by atoms with E-state index >= 15 is 0 Å². The first-order valence-electron chi connectivity index (χ1n) is 5.75. The molecule has 0 radical (unpaired) electrons. The Balaban J connectivity index is 3.21. The van der Waals surface area contributed by atoms with Gasteiger partial charge in [-0.15, -0.1) is 0 Å². The molecule has 21 heavy (non-hydrogen) atoms. The first-order valence-corrected chi connectivity index (χ1v) is 5.75. The Kier molecular flexibility index (Phi) is 5.64. The largest absolute Gasteiger partial charge is 0.478 e. The highest BCUT2D eigenvalue weighted by atomic mass is 16.4. The number of carboxylic acids is 3. The fourth-order valence-corrected chi connectivity index (χ4v) is 1.49. The van der Waals surface area contributed by atoms with Gasteiger partial charge in [-0.2, -0.15) is 0 Å². The normalized spacial score (nSPS) is 11.4. The minimum atomic E-state index is -1.12. The molecule has 3 N–H and O–H groups in total. The van der Waals surface area contributed by atoms with Crippen LogP contribution in [-0.4, -0.2) is 33.2 Å². The Hall–Kier alpha value is -3.15. The van der Waals surface area contributed by atoms with Crippen molar-refractivity contribution in [3.05, 3.63) is 53.1 Å². The molecule has 6 nitrogen and oxygen atoms in total. The van der Waals surface area contributed by atoms with E-state index in [0.29, 0.717) is 16.7 Å². The predicted octanol–water partition coefficient (Wildman–Crippen LogP) is 1.98. The summed E-state index contributed by atoms with van der Waals surface area (Å²) >= 11 is 0. The van der Waals surface area contributed by atoms with Crippen LogP contribution in [0.1, 0.15) is 16.7 Å².